The molecule has 114 valence electrons. The quantitative estimate of drug-likeness (QED) is 0.881. The third kappa shape index (κ3) is 4.23. The van der Waals surface area contributed by atoms with E-state index in [2.05, 4.69) is 5.32 Å². The number of halogens is 2. The minimum absolute atomic E-state index is 0.198. The first kappa shape index (κ1) is 16.3. The van der Waals surface area contributed by atoms with Crippen molar-refractivity contribution in [1.29, 1.82) is 0 Å². The van der Waals surface area contributed by atoms with Gasteiger partial charge in [-0.1, -0.05) is 47.5 Å². The van der Waals surface area contributed by atoms with Crippen molar-refractivity contribution in [2.45, 2.75) is 12.5 Å². The zero-order chi connectivity index (χ0) is 16.1. The van der Waals surface area contributed by atoms with Crippen LogP contribution in [0.4, 0.5) is 0 Å². The number of nitrogens with one attached hydrogen (secondary N) is 1. The van der Waals surface area contributed by atoms with Crippen molar-refractivity contribution < 1.29 is 9.59 Å². The highest BCUT2D eigenvalue weighted by Gasteiger charge is 2.20. The summed E-state index contributed by atoms with van der Waals surface area (Å²) >= 11 is 11.9. The molecule has 2 aromatic carbocycles. The molecule has 0 spiro atoms. The standard InChI is InChI=1S/C16H14Cl2N2O2/c17-12-7-6-11(13(18)9-12)8-14(15(19)21)20-16(22)10-4-2-1-3-5-10/h1-7,9,14H,8H2,(H2,19,21)(H,20,22)/t14-/m0/s1. The van der Waals surface area contributed by atoms with E-state index in [0.717, 1.165) is 0 Å². The minimum Gasteiger partial charge on any atom is -0.368 e. The number of nitrogens with two attached hydrogens (primary N) is 1. The maximum absolute atomic E-state index is 12.1. The first-order chi connectivity index (χ1) is 10.5. The van der Waals surface area contributed by atoms with Gasteiger partial charge in [0.25, 0.3) is 5.91 Å². The fraction of sp³-hybridized carbons (Fsp3) is 0.125. The number of rotatable bonds is 5. The van der Waals surface area contributed by atoms with Gasteiger partial charge in [-0.05, 0) is 29.8 Å². The number of hydrogen-bond acceptors (Lipinski definition) is 2. The Morgan fingerprint density at radius 3 is 2.36 bits per heavy atom. The lowest BCUT2D eigenvalue weighted by molar-refractivity contribution is -0.119. The Labute approximate surface area is 138 Å². The fourth-order valence-electron chi connectivity index (χ4n) is 1.96. The van der Waals surface area contributed by atoms with E-state index in [1.54, 1.807) is 48.5 Å². The Kier molecular flexibility index (Phi) is 5.41. The molecule has 0 saturated heterocycles. The van der Waals surface area contributed by atoms with Crippen LogP contribution in [0.15, 0.2) is 48.5 Å². The molecule has 4 nitrogen and oxygen atoms in total. The molecule has 0 aliphatic rings. The second-order valence-electron chi connectivity index (χ2n) is 4.73. The first-order valence-corrected chi connectivity index (χ1v) is 7.32. The van der Waals surface area contributed by atoms with E-state index in [1.807, 2.05) is 0 Å². The van der Waals surface area contributed by atoms with E-state index >= 15 is 0 Å². The first-order valence-electron chi connectivity index (χ1n) is 6.56. The summed E-state index contributed by atoms with van der Waals surface area (Å²) in [6, 6.07) is 12.7. The van der Waals surface area contributed by atoms with Gasteiger partial charge < -0.3 is 11.1 Å². The Bertz CT molecular complexity index is 690. The van der Waals surface area contributed by atoms with Crippen LogP contribution in [0.3, 0.4) is 0 Å². The molecule has 0 saturated carbocycles. The number of benzene rings is 2. The summed E-state index contributed by atoms with van der Waals surface area (Å²) in [5.74, 6) is -0.996. The molecule has 0 aliphatic carbocycles. The van der Waals surface area contributed by atoms with Gasteiger partial charge in [-0.15, -0.1) is 0 Å². The SMILES string of the molecule is NC(=O)[C@H](Cc1ccc(Cl)cc1Cl)NC(=O)c1ccccc1. The topological polar surface area (TPSA) is 72.2 Å². The summed E-state index contributed by atoms with van der Waals surface area (Å²) in [5, 5.41) is 3.54. The van der Waals surface area contributed by atoms with Gasteiger partial charge >= 0.3 is 0 Å². The monoisotopic (exact) mass is 336 g/mol. The molecule has 0 fully saturated rings. The van der Waals surface area contributed by atoms with Crippen LogP contribution in [0.2, 0.25) is 10.0 Å². The number of carbonyl (C=O) groups is 2. The second kappa shape index (κ2) is 7.29. The van der Waals surface area contributed by atoms with Crippen LogP contribution >= 0.6 is 23.2 Å². The highest BCUT2D eigenvalue weighted by Crippen LogP contribution is 2.22. The lowest BCUT2D eigenvalue weighted by Gasteiger charge is -2.16. The molecule has 1 atom stereocenters. The number of hydrogen-bond donors (Lipinski definition) is 2. The maximum Gasteiger partial charge on any atom is 0.251 e. The van der Waals surface area contributed by atoms with Crippen LogP contribution in [0.25, 0.3) is 0 Å². The minimum atomic E-state index is -0.855. The van der Waals surface area contributed by atoms with E-state index in [-0.39, 0.29) is 12.3 Å². The molecule has 2 rings (SSSR count). The molecule has 2 amide bonds. The van der Waals surface area contributed by atoms with Gasteiger partial charge in [0.1, 0.15) is 6.04 Å². The van der Waals surface area contributed by atoms with Gasteiger partial charge in [-0.2, -0.15) is 0 Å². The van der Waals surface area contributed by atoms with Crippen molar-refractivity contribution in [2.75, 3.05) is 0 Å². The molecule has 0 heterocycles. The third-order valence-electron chi connectivity index (χ3n) is 3.12. The van der Waals surface area contributed by atoms with Gasteiger partial charge in [0, 0.05) is 22.0 Å². The van der Waals surface area contributed by atoms with Crippen LogP contribution in [0, 0.1) is 0 Å². The molecule has 0 radical (unpaired) electrons. The Morgan fingerprint density at radius 1 is 1.09 bits per heavy atom. The Hall–Kier alpha value is -2.04. The van der Waals surface area contributed by atoms with E-state index in [9.17, 15) is 9.59 Å². The lowest BCUT2D eigenvalue weighted by Crippen LogP contribution is -2.45. The molecule has 0 unspecified atom stereocenters. The van der Waals surface area contributed by atoms with E-state index in [0.29, 0.717) is 21.2 Å². The number of amides is 2. The Balaban J connectivity index is 2.14. The molecular weight excluding hydrogens is 323 g/mol. The largest absolute Gasteiger partial charge is 0.368 e. The summed E-state index contributed by atoms with van der Waals surface area (Å²) < 4.78 is 0. The van der Waals surface area contributed by atoms with Crippen molar-refractivity contribution in [2.24, 2.45) is 5.73 Å². The van der Waals surface area contributed by atoms with E-state index in [1.165, 1.54) is 0 Å². The van der Waals surface area contributed by atoms with Crippen molar-refractivity contribution in [3.63, 3.8) is 0 Å². The summed E-state index contributed by atoms with van der Waals surface area (Å²) in [6.07, 6.45) is 0.198. The molecule has 3 N–H and O–H groups in total. The molecule has 0 aromatic heterocycles. The van der Waals surface area contributed by atoms with Crippen molar-refractivity contribution in [3.8, 4) is 0 Å². The summed E-state index contributed by atoms with van der Waals surface area (Å²) in [6.45, 7) is 0. The van der Waals surface area contributed by atoms with Gasteiger partial charge in [0.15, 0.2) is 0 Å². The summed E-state index contributed by atoms with van der Waals surface area (Å²) in [7, 11) is 0. The zero-order valence-corrected chi connectivity index (χ0v) is 13.1. The molecule has 2 aromatic rings. The van der Waals surface area contributed by atoms with Crippen LogP contribution in [-0.4, -0.2) is 17.9 Å². The van der Waals surface area contributed by atoms with Gasteiger partial charge in [-0.3, -0.25) is 9.59 Å². The predicted octanol–water partition coefficient (Wildman–Crippen LogP) is 2.82. The third-order valence-corrected chi connectivity index (χ3v) is 3.71. The van der Waals surface area contributed by atoms with Crippen molar-refractivity contribution in [3.05, 3.63) is 69.7 Å². The highest BCUT2D eigenvalue weighted by atomic mass is 35.5. The van der Waals surface area contributed by atoms with Gasteiger partial charge in [0.2, 0.25) is 5.91 Å². The second-order valence-corrected chi connectivity index (χ2v) is 5.58. The van der Waals surface area contributed by atoms with Crippen LogP contribution in [0.5, 0.6) is 0 Å². The summed E-state index contributed by atoms with van der Waals surface area (Å²) in [5.41, 5.74) is 6.51. The van der Waals surface area contributed by atoms with Crippen molar-refractivity contribution >= 4 is 35.0 Å². The van der Waals surface area contributed by atoms with Crippen LogP contribution in [0.1, 0.15) is 15.9 Å². The smallest absolute Gasteiger partial charge is 0.251 e. The van der Waals surface area contributed by atoms with Gasteiger partial charge in [0.05, 0.1) is 0 Å². The molecule has 6 heteroatoms. The van der Waals surface area contributed by atoms with E-state index < -0.39 is 11.9 Å². The molecular formula is C16H14Cl2N2O2. The lowest BCUT2D eigenvalue weighted by atomic mass is 10.0. The zero-order valence-electron chi connectivity index (χ0n) is 11.6. The maximum atomic E-state index is 12.1. The average Bonchev–Trinajstić information content (AvgIpc) is 2.49. The fourth-order valence-corrected chi connectivity index (χ4v) is 2.45. The average molecular weight is 337 g/mol. The van der Waals surface area contributed by atoms with Gasteiger partial charge in [-0.25, -0.2) is 0 Å². The van der Waals surface area contributed by atoms with E-state index in [4.69, 9.17) is 28.9 Å². The normalized spacial score (nSPS) is 11.7. The summed E-state index contributed by atoms with van der Waals surface area (Å²) in [4.78, 5) is 23.7. The van der Waals surface area contributed by atoms with Crippen LogP contribution < -0.4 is 11.1 Å². The highest BCUT2D eigenvalue weighted by molar-refractivity contribution is 6.35. The number of carbonyl (C=O) groups excluding carboxylic acids is 2. The van der Waals surface area contributed by atoms with Crippen LogP contribution in [-0.2, 0) is 11.2 Å². The Morgan fingerprint density at radius 2 is 1.77 bits per heavy atom. The number of primary amides is 1. The molecule has 22 heavy (non-hydrogen) atoms. The molecule has 0 aliphatic heterocycles. The van der Waals surface area contributed by atoms with Crippen molar-refractivity contribution in [1.82, 2.24) is 5.32 Å². The predicted molar refractivity (Wildman–Crippen MR) is 87.1 cm³/mol. The molecule has 0 bridgehead atoms.